The van der Waals surface area contributed by atoms with Crippen LogP contribution < -0.4 is 5.56 Å². The van der Waals surface area contributed by atoms with Crippen molar-refractivity contribution in [1.29, 1.82) is 0 Å². The Kier molecular flexibility index (Phi) is 5.01. The van der Waals surface area contributed by atoms with E-state index in [1.165, 1.54) is 10.4 Å². The summed E-state index contributed by atoms with van der Waals surface area (Å²) in [7, 11) is -2.11. The molecular weight excluding hydrogens is 350 g/mol. The molecule has 0 fully saturated rings. The number of hydrogen-bond acceptors (Lipinski definition) is 4. The van der Waals surface area contributed by atoms with Crippen LogP contribution in [0.5, 0.6) is 0 Å². The lowest BCUT2D eigenvalue weighted by molar-refractivity contribution is 0.466. The first-order chi connectivity index (χ1) is 12.4. The maximum absolute atomic E-state index is 13.0. The number of H-pyrrole nitrogens is 1. The molecule has 134 valence electrons. The van der Waals surface area contributed by atoms with Gasteiger partial charge in [-0.05, 0) is 30.2 Å². The molecular formula is C19H19N3O3S. The van der Waals surface area contributed by atoms with Crippen LogP contribution >= 0.6 is 0 Å². The molecule has 0 aliphatic heterocycles. The molecule has 0 amide bonds. The van der Waals surface area contributed by atoms with Crippen LogP contribution in [0.4, 0.5) is 0 Å². The summed E-state index contributed by atoms with van der Waals surface area (Å²) in [5.74, 6) is 0. The van der Waals surface area contributed by atoms with E-state index in [1.807, 2.05) is 30.3 Å². The minimum atomic E-state index is -3.67. The highest BCUT2D eigenvalue weighted by Gasteiger charge is 2.23. The van der Waals surface area contributed by atoms with Crippen molar-refractivity contribution >= 4 is 10.0 Å². The Labute approximate surface area is 152 Å². The summed E-state index contributed by atoms with van der Waals surface area (Å²) in [5.41, 5.74) is 2.38. The first-order valence-corrected chi connectivity index (χ1v) is 9.49. The van der Waals surface area contributed by atoms with Gasteiger partial charge in [0.1, 0.15) is 0 Å². The largest absolute Gasteiger partial charge is 0.268 e. The zero-order chi connectivity index (χ0) is 18.7. The average Bonchev–Trinajstić information content (AvgIpc) is 2.63. The maximum atomic E-state index is 13.0. The van der Waals surface area contributed by atoms with Gasteiger partial charge in [0.2, 0.25) is 10.0 Å². The third kappa shape index (κ3) is 3.74. The van der Waals surface area contributed by atoms with Gasteiger partial charge in [0.05, 0.1) is 10.6 Å². The Morgan fingerprint density at radius 2 is 1.77 bits per heavy atom. The molecule has 0 saturated heterocycles. The second-order valence-electron chi connectivity index (χ2n) is 6.03. The topological polar surface area (TPSA) is 83.1 Å². The highest BCUT2D eigenvalue weighted by molar-refractivity contribution is 7.89. The van der Waals surface area contributed by atoms with E-state index in [9.17, 15) is 13.2 Å². The summed E-state index contributed by atoms with van der Waals surface area (Å²) in [6.07, 6.45) is 0. The van der Waals surface area contributed by atoms with Crippen LogP contribution in [0.1, 0.15) is 11.1 Å². The number of sulfonamides is 1. The Hall–Kier alpha value is -2.77. The lowest BCUT2D eigenvalue weighted by atomic mass is 10.1. The highest BCUT2D eigenvalue weighted by atomic mass is 32.2. The van der Waals surface area contributed by atoms with Crippen molar-refractivity contribution in [2.45, 2.75) is 18.4 Å². The summed E-state index contributed by atoms with van der Waals surface area (Å²) in [4.78, 5) is 11.4. The van der Waals surface area contributed by atoms with E-state index in [0.717, 1.165) is 5.56 Å². The SMILES string of the molecule is Cc1ccc(-c2ccc(=O)[nH]n2)cc1S(=O)(=O)N(C)Cc1ccccc1. The van der Waals surface area contributed by atoms with Gasteiger partial charge < -0.3 is 0 Å². The maximum Gasteiger partial charge on any atom is 0.264 e. The standard InChI is InChI=1S/C19H19N3O3S/c1-14-8-9-16(17-10-11-19(23)21-20-17)12-18(14)26(24,25)22(2)13-15-6-4-3-5-7-15/h3-12H,13H2,1-2H3,(H,21,23). The van der Waals surface area contributed by atoms with E-state index >= 15 is 0 Å². The molecule has 0 saturated carbocycles. The van der Waals surface area contributed by atoms with Crippen LogP contribution in [0.3, 0.4) is 0 Å². The van der Waals surface area contributed by atoms with Gasteiger partial charge in [0.15, 0.2) is 0 Å². The fourth-order valence-corrected chi connectivity index (χ4v) is 4.04. The van der Waals surface area contributed by atoms with Gasteiger partial charge in [0, 0.05) is 25.2 Å². The fourth-order valence-electron chi connectivity index (χ4n) is 2.64. The first kappa shape index (κ1) is 18.0. The Bertz CT molecular complexity index is 1060. The van der Waals surface area contributed by atoms with Crippen molar-refractivity contribution < 1.29 is 8.42 Å². The van der Waals surface area contributed by atoms with Crippen molar-refractivity contribution in [2.24, 2.45) is 0 Å². The molecule has 6 nitrogen and oxygen atoms in total. The summed E-state index contributed by atoms with van der Waals surface area (Å²) < 4.78 is 27.4. The highest BCUT2D eigenvalue weighted by Crippen LogP contribution is 2.26. The molecule has 1 heterocycles. The Morgan fingerprint density at radius 3 is 2.42 bits per heavy atom. The van der Waals surface area contributed by atoms with E-state index in [1.54, 1.807) is 38.2 Å². The lowest BCUT2D eigenvalue weighted by Crippen LogP contribution is -2.27. The van der Waals surface area contributed by atoms with Gasteiger partial charge in [-0.2, -0.15) is 9.40 Å². The molecule has 0 spiro atoms. The van der Waals surface area contributed by atoms with E-state index in [4.69, 9.17) is 0 Å². The average molecular weight is 369 g/mol. The molecule has 1 N–H and O–H groups in total. The molecule has 3 aromatic rings. The molecule has 0 radical (unpaired) electrons. The first-order valence-electron chi connectivity index (χ1n) is 8.05. The van der Waals surface area contributed by atoms with Gasteiger partial charge in [-0.3, -0.25) is 4.79 Å². The van der Waals surface area contributed by atoms with Crippen molar-refractivity contribution in [3.63, 3.8) is 0 Å². The molecule has 2 aromatic carbocycles. The molecule has 0 atom stereocenters. The number of hydrogen-bond donors (Lipinski definition) is 1. The molecule has 0 bridgehead atoms. The van der Waals surface area contributed by atoms with E-state index in [2.05, 4.69) is 10.2 Å². The van der Waals surface area contributed by atoms with Gasteiger partial charge >= 0.3 is 0 Å². The number of rotatable bonds is 5. The second kappa shape index (κ2) is 7.23. The predicted molar refractivity (Wildman–Crippen MR) is 100 cm³/mol. The second-order valence-corrected chi connectivity index (χ2v) is 8.05. The van der Waals surface area contributed by atoms with Gasteiger partial charge in [-0.25, -0.2) is 13.5 Å². The predicted octanol–water partition coefficient (Wildman–Crippen LogP) is 2.57. The molecule has 1 aromatic heterocycles. The number of aromatic nitrogens is 2. The summed E-state index contributed by atoms with van der Waals surface area (Å²) in [5, 5.41) is 6.33. The van der Waals surface area contributed by atoms with Crippen molar-refractivity contribution in [3.05, 3.63) is 82.1 Å². The fraction of sp³-hybridized carbons (Fsp3) is 0.158. The molecule has 0 aliphatic carbocycles. The molecule has 26 heavy (non-hydrogen) atoms. The van der Waals surface area contributed by atoms with E-state index < -0.39 is 10.0 Å². The van der Waals surface area contributed by atoms with E-state index in [-0.39, 0.29) is 17.0 Å². The smallest absolute Gasteiger partial charge is 0.264 e. The monoisotopic (exact) mass is 369 g/mol. The van der Waals surface area contributed by atoms with Crippen LogP contribution in [0.15, 0.2) is 70.4 Å². The number of benzene rings is 2. The zero-order valence-electron chi connectivity index (χ0n) is 14.5. The molecule has 0 aliphatic rings. The number of nitrogens with zero attached hydrogens (tertiary/aromatic N) is 2. The van der Waals surface area contributed by atoms with Crippen molar-refractivity contribution in [2.75, 3.05) is 7.05 Å². The van der Waals surface area contributed by atoms with Crippen LogP contribution in [-0.2, 0) is 16.6 Å². The minimum absolute atomic E-state index is 0.224. The van der Waals surface area contributed by atoms with Gasteiger partial charge in [-0.1, -0.05) is 42.5 Å². The summed E-state index contributed by atoms with van der Waals surface area (Å²) >= 11 is 0. The van der Waals surface area contributed by atoms with Crippen LogP contribution in [-0.4, -0.2) is 30.0 Å². The third-order valence-corrected chi connectivity index (χ3v) is 6.04. The minimum Gasteiger partial charge on any atom is -0.268 e. The Morgan fingerprint density at radius 1 is 1.04 bits per heavy atom. The van der Waals surface area contributed by atoms with Gasteiger partial charge in [0.25, 0.3) is 5.56 Å². The number of nitrogens with one attached hydrogen (secondary N) is 1. The van der Waals surface area contributed by atoms with Crippen LogP contribution in [0, 0.1) is 6.92 Å². The molecule has 7 heteroatoms. The van der Waals surface area contributed by atoms with Crippen LogP contribution in [0.2, 0.25) is 0 Å². The van der Waals surface area contributed by atoms with Crippen molar-refractivity contribution in [1.82, 2.24) is 14.5 Å². The van der Waals surface area contributed by atoms with Crippen LogP contribution in [0.25, 0.3) is 11.3 Å². The number of aromatic amines is 1. The molecule has 3 rings (SSSR count). The van der Waals surface area contributed by atoms with Gasteiger partial charge in [-0.15, -0.1) is 0 Å². The van der Waals surface area contributed by atoms with Crippen molar-refractivity contribution in [3.8, 4) is 11.3 Å². The summed E-state index contributed by atoms with van der Waals surface area (Å²) in [6.45, 7) is 2.04. The molecule has 0 unspecified atom stereocenters. The lowest BCUT2D eigenvalue weighted by Gasteiger charge is -2.19. The van der Waals surface area contributed by atoms with E-state index in [0.29, 0.717) is 16.8 Å². The zero-order valence-corrected chi connectivity index (χ0v) is 15.3. The normalized spacial score (nSPS) is 11.7. The third-order valence-electron chi connectivity index (χ3n) is 4.10. The quantitative estimate of drug-likeness (QED) is 0.749. The summed E-state index contributed by atoms with van der Waals surface area (Å²) in [6, 6.07) is 17.5. The number of aryl methyl sites for hydroxylation is 1. The Balaban J connectivity index is 1.97.